The average molecular weight is 259 g/mol. The standard InChI is InChI=1S/C14H11F2N3/c1-9-4-10(7-17)5-14(19-9)18-8-11-2-3-12(15)6-13(11)16/h2-6H,8H2,1H3,(H,18,19). The van der Waals surface area contributed by atoms with Gasteiger partial charge in [-0.15, -0.1) is 0 Å². The zero-order chi connectivity index (χ0) is 13.8. The molecule has 0 aliphatic rings. The van der Waals surface area contributed by atoms with E-state index in [1.54, 1.807) is 19.1 Å². The van der Waals surface area contributed by atoms with Crippen molar-refractivity contribution in [2.45, 2.75) is 13.5 Å². The zero-order valence-electron chi connectivity index (χ0n) is 10.2. The van der Waals surface area contributed by atoms with E-state index in [0.29, 0.717) is 22.6 Å². The van der Waals surface area contributed by atoms with Gasteiger partial charge in [-0.1, -0.05) is 6.07 Å². The SMILES string of the molecule is Cc1cc(C#N)cc(NCc2ccc(F)cc2F)n1. The van der Waals surface area contributed by atoms with Gasteiger partial charge >= 0.3 is 0 Å². The molecule has 0 radical (unpaired) electrons. The molecule has 1 aromatic heterocycles. The summed E-state index contributed by atoms with van der Waals surface area (Å²) in [7, 11) is 0. The highest BCUT2D eigenvalue weighted by Crippen LogP contribution is 2.13. The topological polar surface area (TPSA) is 48.7 Å². The molecule has 96 valence electrons. The number of nitriles is 1. The number of rotatable bonds is 3. The van der Waals surface area contributed by atoms with Crippen LogP contribution in [-0.4, -0.2) is 4.98 Å². The molecular weight excluding hydrogens is 248 g/mol. The number of halogens is 2. The molecule has 2 aromatic rings. The second-order valence-corrected chi connectivity index (χ2v) is 4.08. The fraction of sp³-hybridized carbons (Fsp3) is 0.143. The first kappa shape index (κ1) is 13.0. The Balaban J connectivity index is 2.14. The summed E-state index contributed by atoms with van der Waals surface area (Å²) in [4.78, 5) is 4.19. The van der Waals surface area contributed by atoms with Crippen molar-refractivity contribution in [3.63, 3.8) is 0 Å². The van der Waals surface area contributed by atoms with Gasteiger partial charge in [-0.2, -0.15) is 5.26 Å². The Labute approximate surface area is 109 Å². The van der Waals surface area contributed by atoms with Crippen LogP contribution >= 0.6 is 0 Å². The molecule has 0 saturated heterocycles. The lowest BCUT2D eigenvalue weighted by Gasteiger charge is -2.08. The fourth-order valence-corrected chi connectivity index (χ4v) is 1.67. The van der Waals surface area contributed by atoms with Crippen molar-refractivity contribution in [2.75, 3.05) is 5.32 Å². The van der Waals surface area contributed by atoms with Crippen LogP contribution in [0.5, 0.6) is 0 Å². The minimum absolute atomic E-state index is 0.174. The van der Waals surface area contributed by atoms with Crippen LogP contribution in [0, 0.1) is 29.9 Å². The third kappa shape index (κ3) is 3.26. The van der Waals surface area contributed by atoms with Gasteiger partial charge in [0.15, 0.2) is 0 Å². The Morgan fingerprint density at radius 3 is 2.74 bits per heavy atom. The maximum absolute atomic E-state index is 13.4. The normalized spacial score (nSPS) is 10.0. The Morgan fingerprint density at radius 2 is 2.05 bits per heavy atom. The molecule has 0 amide bonds. The monoisotopic (exact) mass is 259 g/mol. The number of benzene rings is 1. The van der Waals surface area contributed by atoms with Gasteiger partial charge < -0.3 is 5.32 Å². The van der Waals surface area contributed by atoms with E-state index < -0.39 is 11.6 Å². The van der Waals surface area contributed by atoms with E-state index in [1.165, 1.54) is 12.1 Å². The summed E-state index contributed by atoms with van der Waals surface area (Å²) in [5, 5.41) is 11.8. The number of nitrogens with one attached hydrogen (secondary N) is 1. The summed E-state index contributed by atoms with van der Waals surface area (Å²) in [5.41, 5.74) is 1.51. The number of anilines is 1. The third-order valence-electron chi connectivity index (χ3n) is 2.56. The lowest BCUT2D eigenvalue weighted by molar-refractivity contribution is 0.574. The van der Waals surface area contributed by atoms with Gasteiger partial charge in [0.25, 0.3) is 0 Å². The van der Waals surface area contributed by atoms with E-state index in [-0.39, 0.29) is 6.54 Å². The Kier molecular flexibility index (Phi) is 3.71. The quantitative estimate of drug-likeness (QED) is 0.921. The van der Waals surface area contributed by atoms with Crippen molar-refractivity contribution in [1.29, 1.82) is 5.26 Å². The van der Waals surface area contributed by atoms with E-state index in [9.17, 15) is 8.78 Å². The predicted molar refractivity (Wildman–Crippen MR) is 67.4 cm³/mol. The van der Waals surface area contributed by atoms with Gasteiger partial charge in [0.05, 0.1) is 11.6 Å². The molecule has 1 aromatic carbocycles. The molecule has 0 fully saturated rings. The van der Waals surface area contributed by atoms with Gasteiger partial charge in [0.2, 0.25) is 0 Å². The van der Waals surface area contributed by atoms with Crippen LogP contribution in [0.4, 0.5) is 14.6 Å². The van der Waals surface area contributed by atoms with Gasteiger partial charge in [-0.3, -0.25) is 0 Å². The lowest BCUT2D eigenvalue weighted by atomic mass is 10.2. The number of aromatic nitrogens is 1. The van der Waals surface area contributed by atoms with E-state index in [1.807, 2.05) is 6.07 Å². The van der Waals surface area contributed by atoms with Gasteiger partial charge in [0, 0.05) is 23.9 Å². The molecule has 1 N–H and O–H groups in total. The molecule has 0 aliphatic heterocycles. The van der Waals surface area contributed by atoms with Crippen molar-refractivity contribution < 1.29 is 8.78 Å². The zero-order valence-corrected chi connectivity index (χ0v) is 10.2. The summed E-state index contributed by atoms with van der Waals surface area (Å²) in [6.07, 6.45) is 0. The van der Waals surface area contributed by atoms with Crippen molar-refractivity contribution in [3.8, 4) is 6.07 Å². The van der Waals surface area contributed by atoms with E-state index in [2.05, 4.69) is 10.3 Å². The summed E-state index contributed by atoms with van der Waals surface area (Å²) in [6, 6.07) is 8.66. The van der Waals surface area contributed by atoms with Crippen LogP contribution in [-0.2, 0) is 6.54 Å². The molecular formula is C14H11F2N3. The molecule has 0 bridgehead atoms. The summed E-state index contributed by atoms with van der Waals surface area (Å²) in [6.45, 7) is 1.94. The molecule has 0 spiro atoms. The highest BCUT2D eigenvalue weighted by Gasteiger charge is 2.05. The highest BCUT2D eigenvalue weighted by atomic mass is 19.1. The highest BCUT2D eigenvalue weighted by molar-refractivity contribution is 5.44. The summed E-state index contributed by atoms with van der Waals surface area (Å²) in [5.74, 6) is -0.734. The number of nitrogens with zero attached hydrogens (tertiary/aromatic N) is 2. The predicted octanol–water partition coefficient (Wildman–Crippen LogP) is 3.15. The average Bonchev–Trinajstić information content (AvgIpc) is 2.37. The second-order valence-electron chi connectivity index (χ2n) is 4.08. The molecule has 3 nitrogen and oxygen atoms in total. The third-order valence-corrected chi connectivity index (χ3v) is 2.56. The second kappa shape index (κ2) is 5.44. The van der Waals surface area contributed by atoms with Crippen LogP contribution in [0.25, 0.3) is 0 Å². The molecule has 0 atom stereocenters. The molecule has 0 aliphatic carbocycles. The number of aryl methyl sites for hydroxylation is 1. The van der Waals surface area contributed by atoms with Crippen molar-refractivity contribution in [3.05, 3.63) is 58.8 Å². The minimum Gasteiger partial charge on any atom is -0.366 e. The molecule has 0 saturated carbocycles. The summed E-state index contributed by atoms with van der Waals surface area (Å²) < 4.78 is 26.2. The minimum atomic E-state index is -0.611. The van der Waals surface area contributed by atoms with Crippen LogP contribution in [0.2, 0.25) is 0 Å². The van der Waals surface area contributed by atoms with E-state index in [4.69, 9.17) is 5.26 Å². The maximum atomic E-state index is 13.4. The van der Waals surface area contributed by atoms with Crippen molar-refractivity contribution in [1.82, 2.24) is 4.98 Å². The van der Waals surface area contributed by atoms with E-state index >= 15 is 0 Å². The number of hydrogen-bond acceptors (Lipinski definition) is 3. The van der Waals surface area contributed by atoms with Gasteiger partial charge in [-0.25, -0.2) is 13.8 Å². The first-order chi connectivity index (χ1) is 9.08. The number of pyridine rings is 1. The Hall–Kier alpha value is -2.48. The van der Waals surface area contributed by atoms with Crippen LogP contribution < -0.4 is 5.32 Å². The fourth-order valence-electron chi connectivity index (χ4n) is 1.67. The Morgan fingerprint density at radius 1 is 1.26 bits per heavy atom. The molecule has 5 heteroatoms. The van der Waals surface area contributed by atoms with Crippen LogP contribution in [0.15, 0.2) is 30.3 Å². The largest absolute Gasteiger partial charge is 0.366 e. The first-order valence-electron chi connectivity index (χ1n) is 5.65. The van der Waals surface area contributed by atoms with Crippen molar-refractivity contribution in [2.24, 2.45) is 0 Å². The molecule has 0 unspecified atom stereocenters. The number of hydrogen-bond donors (Lipinski definition) is 1. The van der Waals surface area contributed by atoms with Gasteiger partial charge in [0.1, 0.15) is 17.5 Å². The lowest BCUT2D eigenvalue weighted by Crippen LogP contribution is -2.04. The Bertz CT molecular complexity index is 648. The van der Waals surface area contributed by atoms with Crippen LogP contribution in [0.3, 0.4) is 0 Å². The summed E-state index contributed by atoms with van der Waals surface area (Å²) >= 11 is 0. The van der Waals surface area contributed by atoms with Crippen LogP contribution in [0.1, 0.15) is 16.8 Å². The van der Waals surface area contributed by atoms with Gasteiger partial charge in [-0.05, 0) is 25.1 Å². The first-order valence-corrected chi connectivity index (χ1v) is 5.65. The molecule has 2 rings (SSSR count). The van der Waals surface area contributed by atoms with E-state index in [0.717, 1.165) is 6.07 Å². The molecule has 1 heterocycles. The maximum Gasteiger partial charge on any atom is 0.131 e. The van der Waals surface area contributed by atoms with Crippen molar-refractivity contribution >= 4 is 5.82 Å². The smallest absolute Gasteiger partial charge is 0.131 e. The molecule has 19 heavy (non-hydrogen) atoms.